The van der Waals surface area contributed by atoms with Gasteiger partial charge in [0, 0.05) is 5.56 Å². The zero-order valence-corrected chi connectivity index (χ0v) is 10.2. The number of aromatic amines is 1. The standard InChI is InChI=1S/C11H13ClFN5/c12-10-6(2-1-3-8(10)13)4-9(17-15)7-5-16-18-11(7)14/h1-3,5,9,17H,4,15H2,(H3,14,16,18). The topological polar surface area (TPSA) is 92.7 Å². The van der Waals surface area contributed by atoms with Crippen LogP contribution >= 0.6 is 11.6 Å². The summed E-state index contributed by atoms with van der Waals surface area (Å²) >= 11 is 5.90. The number of nitrogens with zero attached hydrogens (tertiary/aromatic N) is 1. The first kappa shape index (κ1) is 12.8. The van der Waals surface area contributed by atoms with Gasteiger partial charge in [0.25, 0.3) is 0 Å². The molecule has 0 saturated heterocycles. The normalized spacial score (nSPS) is 12.6. The summed E-state index contributed by atoms with van der Waals surface area (Å²) in [6.45, 7) is 0. The van der Waals surface area contributed by atoms with Crippen LogP contribution in [-0.4, -0.2) is 10.2 Å². The SMILES string of the molecule is NNC(Cc1cccc(F)c1Cl)c1cn[nH]c1N. The second-order valence-corrected chi connectivity index (χ2v) is 4.25. The van der Waals surface area contributed by atoms with Crippen LogP contribution in [0.4, 0.5) is 10.2 Å². The number of H-pyrrole nitrogens is 1. The van der Waals surface area contributed by atoms with Gasteiger partial charge in [0.15, 0.2) is 0 Å². The monoisotopic (exact) mass is 269 g/mol. The predicted octanol–water partition coefficient (Wildman–Crippen LogP) is 1.53. The molecule has 0 aliphatic rings. The van der Waals surface area contributed by atoms with E-state index in [-0.39, 0.29) is 11.1 Å². The van der Waals surface area contributed by atoms with Crippen LogP contribution < -0.4 is 17.0 Å². The summed E-state index contributed by atoms with van der Waals surface area (Å²) in [5, 5.41) is 6.54. The molecule has 0 amide bonds. The maximum atomic E-state index is 13.3. The first-order valence-electron chi connectivity index (χ1n) is 5.31. The summed E-state index contributed by atoms with van der Waals surface area (Å²) in [5.41, 5.74) is 9.71. The number of hydrogen-bond donors (Lipinski definition) is 4. The van der Waals surface area contributed by atoms with Crippen molar-refractivity contribution in [3.05, 3.63) is 46.4 Å². The van der Waals surface area contributed by atoms with Crippen molar-refractivity contribution in [1.29, 1.82) is 0 Å². The third-order valence-electron chi connectivity index (χ3n) is 2.73. The van der Waals surface area contributed by atoms with E-state index >= 15 is 0 Å². The molecule has 0 bridgehead atoms. The van der Waals surface area contributed by atoms with Crippen molar-refractivity contribution in [2.75, 3.05) is 5.73 Å². The number of hydrazine groups is 1. The summed E-state index contributed by atoms with van der Waals surface area (Å²) in [7, 11) is 0. The van der Waals surface area contributed by atoms with Crippen molar-refractivity contribution < 1.29 is 4.39 Å². The van der Waals surface area contributed by atoms with E-state index in [4.69, 9.17) is 23.2 Å². The van der Waals surface area contributed by atoms with Gasteiger partial charge in [0.1, 0.15) is 11.6 Å². The molecule has 0 aliphatic carbocycles. The summed E-state index contributed by atoms with van der Waals surface area (Å²) in [5.74, 6) is 5.45. The highest BCUT2D eigenvalue weighted by molar-refractivity contribution is 6.31. The Labute approximate surface area is 108 Å². The Morgan fingerprint density at radius 2 is 2.28 bits per heavy atom. The minimum absolute atomic E-state index is 0.0971. The summed E-state index contributed by atoms with van der Waals surface area (Å²) in [6, 6.07) is 4.36. The molecule has 0 radical (unpaired) electrons. The van der Waals surface area contributed by atoms with Crippen molar-refractivity contribution in [1.82, 2.24) is 15.6 Å². The highest BCUT2D eigenvalue weighted by Crippen LogP contribution is 2.26. The van der Waals surface area contributed by atoms with E-state index in [1.807, 2.05) is 0 Å². The number of halogens is 2. The minimum atomic E-state index is -0.454. The van der Waals surface area contributed by atoms with Gasteiger partial charge in [0.05, 0.1) is 17.3 Å². The molecule has 1 heterocycles. The molecule has 96 valence electrons. The lowest BCUT2D eigenvalue weighted by Gasteiger charge is -2.16. The van der Waals surface area contributed by atoms with E-state index in [0.717, 1.165) is 5.56 Å². The number of anilines is 1. The molecule has 6 N–H and O–H groups in total. The first-order chi connectivity index (χ1) is 8.63. The molecule has 0 spiro atoms. The third kappa shape index (κ3) is 2.45. The van der Waals surface area contributed by atoms with Crippen LogP contribution in [0.3, 0.4) is 0 Å². The van der Waals surface area contributed by atoms with E-state index in [1.54, 1.807) is 18.3 Å². The second kappa shape index (κ2) is 5.34. The zero-order valence-electron chi connectivity index (χ0n) is 9.45. The molecule has 0 aliphatic heterocycles. The van der Waals surface area contributed by atoms with E-state index in [2.05, 4.69) is 15.6 Å². The van der Waals surface area contributed by atoms with Crippen LogP contribution in [0.15, 0.2) is 24.4 Å². The molecule has 0 saturated carbocycles. The molecule has 1 atom stereocenters. The number of nitrogen functional groups attached to an aromatic ring is 1. The highest BCUT2D eigenvalue weighted by Gasteiger charge is 2.17. The first-order valence-corrected chi connectivity index (χ1v) is 5.69. The molecule has 7 heteroatoms. The molecule has 5 nitrogen and oxygen atoms in total. The lowest BCUT2D eigenvalue weighted by Crippen LogP contribution is -2.30. The van der Waals surface area contributed by atoms with Gasteiger partial charge in [-0.05, 0) is 18.1 Å². The minimum Gasteiger partial charge on any atom is -0.384 e. The molecular formula is C11H13ClFN5. The maximum Gasteiger partial charge on any atom is 0.142 e. The van der Waals surface area contributed by atoms with Gasteiger partial charge in [-0.15, -0.1) is 0 Å². The van der Waals surface area contributed by atoms with Crippen molar-refractivity contribution >= 4 is 17.4 Å². The number of nitrogens with one attached hydrogen (secondary N) is 2. The fourth-order valence-electron chi connectivity index (χ4n) is 1.77. The van der Waals surface area contributed by atoms with Crippen LogP contribution in [-0.2, 0) is 6.42 Å². The maximum absolute atomic E-state index is 13.3. The van der Waals surface area contributed by atoms with E-state index in [9.17, 15) is 4.39 Å². The summed E-state index contributed by atoms with van der Waals surface area (Å²) < 4.78 is 13.3. The summed E-state index contributed by atoms with van der Waals surface area (Å²) in [4.78, 5) is 0. The average molecular weight is 270 g/mol. The number of rotatable bonds is 4. The Morgan fingerprint density at radius 1 is 1.50 bits per heavy atom. The van der Waals surface area contributed by atoms with Gasteiger partial charge >= 0.3 is 0 Å². The second-order valence-electron chi connectivity index (χ2n) is 3.88. The van der Waals surface area contributed by atoms with E-state index < -0.39 is 5.82 Å². The zero-order chi connectivity index (χ0) is 13.1. The smallest absolute Gasteiger partial charge is 0.142 e. The molecule has 18 heavy (non-hydrogen) atoms. The lowest BCUT2D eigenvalue weighted by molar-refractivity contribution is 0.550. The summed E-state index contributed by atoms with van der Waals surface area (Å²) in [6.07, 6.45) is 1.99. The van der Waals surface area contributed by atoms with Crippen molar-refractivity contribution in [2.45, 2.75) is 12.5 Å². The van der Waals surface area contributed by atoms with Crippen LogP contribution in [0.1, 0.15) is 17.2 Å². The molecule has 2 aromatic rings. The largest absolute Gasteiger partial charge is 0.384 e. The van der Waals surface area contributed by atoms with Gasteiger partial charge in [-0.2, -0.15) is 5.10 Å². The van der Waals surface area contributed by atoms with Gasteiger partial charge in [-0.1, -0.05) is 23.7 Å². The van der Waals surface area contributed by atoms with Gasteiger partial charge < -0.3 is 5.73 Å². The highest BCUT2D eigenvalue weighted by atomic mass is 35.5. The quantitative estimate of drug-likeness (QED) is 0.500. The van der Waals surface area contributed by atoms with Crippen molar-refractivity contribution in [3.8, 4) is 0 Å². The van der Waals surface area contributed by atoms with Crippen LogP contribution in [0, 0.1) is 5.82 Å². The lowest BCUT2D eigenvalue weighted by atomic mass is 10.0. The Hall–Kier alpha value is -1.63. The molecular weight excluding hydrogens is 257 g/mol. The van der Waals surface area contributed by atoms with Crippen LogP contribution in [0.5, 0.6) is 0 Å². The predicted molar refractivity (Wildman–Crippen MR) is 68.2 cm³/mol. The van der Waals surface area contributed by atoms with Crippen molar-refractivity contribution in [2.24, 2.45) is 5.84 Å². The van der Waals surface area contributed by atoms with Gasteiger partial charge in [-0.3, -0.25) is 16.4 Å². The van der Waals surface area contributed by atoms with Crippen molar-refractivity contribution in [3.63, 3.8) is 0 Å². The number of aromatic nitrogens is 2. The molecule has 1 unspecified atom stereocenters. The average Bonchev–Trinajstić information content (AvgIpc) is 2.77. The number of benzene rings is 1. The van der Waals surface area contributed by atoms with E-state index in [0.29, 0.717) is 17.8 Å². The Kier molecular flexibility index (Phi) is 3.81. The van der Waals surface area contributed by atoms with Gasteiger partial charge in [0.2, 0.25) is 0 Å². The Morgan fingerprint density at radius 3 is 2.89 bits per heavy atom. The molecule has 1 aromatic carbocycles. The third-order valence-corrected chi connectivity index (χ3v) is 3.16. The number of nitrogens with two attached hydrogens (primary N) is 2. The fourth-order valence-corrected chi connectivity index (χ4v) is 1.97. The molecule has 1 aromatic heterocycles. The van der Waals surface area contributed by atoms with E-state index in [1.165, 1.54) is 6.07 Å². The fraction of sp³-hybridized carbons (Fsp3) is 0.182. The Balaban J connectivity index is 2.26. The number of hydrogen-bond acceptors (Lipinski definition) is 4. The van der Waals surface area contributed by atoms with Gasteiger partial charge in [-0.25, -0.2) is 4.39 Å². The van der Waals surface area contributed by atoms with Crippen LogP contribution in [0.2, 0.25) is 5.02 Å². The molecule has 0 fully saturated rings. The Bertz CT molecular complexity index is 542. The van der Waals surface area contributed by atoms with Crippen LogP contribution in [0.25, 0.3) is 0 Å². The molecule has 2 rings (SSSR count).